The van der Waals surface area contributed by atoms with Gasteiger partial charge in [-0.1, -0.05) is 32.3 Å². The lowest BCUT2D eigenvalue weighted by Gasteiger charge is -2.21. The first-order chi connectivity index (χ1) is 14.1. The number of amides is 1. The number of carbonyl (C=O) groups excluding carboxylic acids is 1. The summed E-state index contributed by atoms with van der Waals surface area (Å²) >= 11 is 0. The molecule has 30 heavy (non-hydrogen) atoms. The van der Waals surface area contributed by atoms with Crippen LogP contribution in [-0.2, 0) is 6.54 Å². The van der Waals surface area contributed by atoms with Crippen LogP contribution in [0.15, 0.2) is 29.2 Å². The molecule has 0 unspecified atom stereocenters. The molecule has 0 radical (unpaired) electrons. The second-order valence-electron chi connectivity index (χ2n) is 8.86. The molecule has 0 saturated carbocycles. The van der Waals surface area contributed by atoms with Crippen molar-refractivity contribution < 1.29 is 4.79 Å². The van der Waals surface area contributed by atoms with Gasteiger partial charge in [-0.15, -0.1) is 0 Å². The first-order valence-corrected chi connectivity index (χ1v) is 10.6. The molecule has 3 heterocycles. The molecular weight excluding hydrogens is 378 g/mol. The molecule has 160 valence electrons. The van der Waals surface area contributed by atoms with E-state index in [9.17, 15) is 9.59 Å². The van der Waals surface area contributed by atoms with Crippen molar-refractivity contribution in [2.45, 2.75) is 72.4 Å². The van der Waals surface area contributed by atoms with Crippen LogP contribution in [0.3, 0.4) is 0 Å². The number of hydrogen-bond acceptors (Lipinski definition) is 4. The Labute approximate surface area is 176 Å². The first-order valence-electron chi connectivity index (χ1n) is 10.6. The maximum absolute atomic E-state index is 13.3. The molecule has 0 bridgehead atoms. The van der Waals surface area contributed by atoms with E-state index in [0.29, 0.717) is 23.2 Å². The van der Waals surface area contributed by atoms with Gasteiger partial charge in [0.05, 0.1) is 10.9 Å². The highest BCUT2D eigenvalue weighted by Gasteiger charge is 2.21. The van der Waals surface area contributed by atoms with Crippen LogP contribution in [0, 0.1) is 12.3 Å². The number of pyridine rings is 2. The number of unbranched alkanes of at least 4 members (excludes halogenated alkanes) is 3. The van der Waals surface area contributed by atoms with E-state index < -0.39 is 5.54 Å². The Hall–Kier alpha value is -2.96. The Morgan fingerprint density at radius 2 is 1.93 bits per heavy atom. The van der Waals surface area contributed by atoms with E-state index in [1.807, 2.05) is 39.8 Å². The highest BCUT2D eigenvalue weighted by Crippen LogP contribution is 2.14. The summed E-state index contributed by atoms with van der Waals surface area (Å²) in [5.74, 6) is -0.356. The van der Waals surface area contributed by atoms with Crippen molar-refractivity contribution in [1.29, 1.82) is 5.41 Å². The predicted molar refractivity (Wildman–Crippen MR) is 119 cm³/mol. The Morgan fingerprint density at radius 3 is 2.60 bits per heavy atom. The minimum absolute atomic E-state index is 0.0885. The molecule has 3 aromatic rings. The number of hydrogen-bond donors (Lipinski definition) is 2. The second-order valence-corrected chi connectivity index (χ2v) is 8.86. The summed E-state index contributed by atoms with van der Waals surface area (Å²) in [4.78, 5) is 30.9. The van der Waals surface area contributed by atoms with Crippen molar-refractivity contribution in [2.24, 2.45) is 0 Å². The second kappa shape index (κ2) is 8.42. The predicted octanol–water partition coefficient (Wildman–Crippen LogP) is 3.55. The molecule has 0 aliphatic heterocycles. The molecular formula is C23H31N5O2. The number of aromatic nitrogens is 3. The van der Waals surface area contributed by atoms with Gasteiger partial charge in [0.15, 0.2) is 0 Å². The summed E-state index contributed by atoms with van der Waals surface area (Å²) in [7, 11) is 0. The number of aryl methyl sites for hydroxylation is 2. The molecule has 0 spiro atoms. The zero-order chi connectivity index (χ0) is 22.1. The zero-order valence-electron chi connectivity index (χ0n) is 18.5. The van der Waals surface area contributed by atoms with Crippen LogP contribution in [0.4, 0.5) is 0 Å². The van der Waals surface area contributed by atoms with Crippen molar-refractivity contribution in [2.75, 3.05) is 0 Å². The fourth-order valence-corrected chi connectivity index (χ4v) is 3.59. The lowest BCUT2D eigenvalue weighted by atomic mass is 10.1. The first kappa shape index (κ1) is 21.7. The highest BCUT2D eigenvalue weighted by atomic mass is 16.2. The Balaban J connectivity index is 2.29. The van der Waals surface area contributed by atoms with Crippen molar-refractivity contribution in [3.05, 3.63) is 51.4 Å². The van der Waals surface area contributed by atoms with Gasteiger partial charge in [0, 0.05) is 18.3 Å². The average Bonchev–Trinajstić information content (AvgIpc) is 2.66. The van der Waals surface area contributed by atoms with E-state index in [2.05, 4.69) is 12.2 Å². The van der Waals surface area contributed by atoms with E-state index in [-0.39, 0.29) is 22.5 Å². The smallest absolute Gasteiger partial charge is 0.267 e. The van der Waals surface area contributed by atoms with Crippen molar-refractivity contribution in [3.63, 3.8) is 0 Å². The van der Waals surface area contributed by atoms with Crippen LogP contribution in [-0.4, -0.2) is 25.4 Å². The number of fused-ring (bicyclic) bond motifs is 2. The topological polar surface area (TPSA) is 92.2 Å². The largest absolute Gasteiger partial charge is 0.347 e. The molecule has 0 fully saturated rings. The van der Waals surface area contributed by atoms with Gasteiger partial charge in [-0.05, 0) is 51.8 Å². The summed E-state index contributed by atoms with van der Waals surface area (Å²) in [5.41, 5.74) is 1.52. The number of carbonyl (C=O) groups is 1. The van der Waals surface area contributed by atoms with Crippen LogP contribution in [0.25, 0.3) is 16.7 Å². The van der Waals surface area contributed by atoms with Crippen LogP contribution in [0.5, 0.6) is 0 Å². The van der Waals surface area contributed by atoms with Crippen LogP contribution < -0.4 is 16.4 Å². The van der Waals surface area contributed by atoms with E-state index in [1.54, 1.807) is 10.8 Å². The van der Waals surface area contributed by atoms with Gasteiger partial charge in [0.2, 0.25) is 0 Å². The van der Waals surface area contributed by atoms with Crippen LogP contribution in [0.2, 0.25) is 0 Å². The van der Waals surface area contributed by atoms with Gasteiger partial charge in [-0.2, -0.15) is 0 Å². The maximum atomic E-state index is 13.3. The molecule has 2 N–H and O–H groups in total. The van der Waals surface area contributed by atoms with E-state index in [4.69, 9.17) is 10.4 Å². The number of nitrogens with one attached hydrogen (secondary N) is 2. The Kier molecular flexibility index (Phi) is 6.10. The zero-order valence-corrected chi connectivity index (χ0v) is 18.5. The lowest BCUT2D eigenvalue weighted by molar-refractivity contribution is 0.0917. The summed E-state index contributed by atoms with van der Waals surface area (Å²) in [6.07, 6.45) is 5.78. The molecule has 1 amide bonds. The minimum atomic E-state index is -0.446. The van der Waals surface area contributed by atoms with E-state index in [1.165, 1.54) is 10.5 Å². The van der Waals surface area contributed by atoms with Gasteiger partial charge < -0.3 is 9.88 Å². The van der Waals surface area contributed by atoms with E-state index >= 15 is 0 Å². The van der Waals surface area contributed by atoms with Gasteiger partial charge in [-0.3, -0.25) is 19.4 Å². The van der Waals surface area contributed by atoms with Gasteiger partial charge >= 0.3 is 0 Å². The van der Waals surface area contributed by atoms with Gasteiger partial charge in [0.25, 0.3) is 11.5 Å². The SMILES string of the molecule is CCCCCCn1c(=N)c(C(=O)NC(C)(C)C)cc2c(=O)n3cccc(C)c3nc21. The molecule has 0 aliphatic carbocycles. The molecule has 0 atom stereocenters. The molecule has 7 nitrogen and oxygen atoms in total. The molecule has 3 aromatic heterocycles. The summed E-state index contributed by atoms with van der Waals surface area (Å²) in [5, 5.41) is 12.0. The minimum Gasteiger partial charge on any atom is -0.347 e. The molecule has 0 saturated heterocycles. The highest BCUT2D eigenvalue weighted by molar-refractivity contribution is 5.97. The fourth-order valence-electron chi connectivity index (χ4n) is 3.59. The van der Waals surface area contributed by atoms with Crippen LogP contribution in [0.1, 0.15) is 69.3 Å². The van der Waals surface area contributed by atoms with Crippen molar-refractivity contribution in [3.8, 4) is 0 Å². The van der Waals surface area contributed by atoms with Crippen LogP contribution >= 0.6 is 0 Å². The molecule has 7 heteroatoms. The third-order valence-electron chi connectivity index (χ3n) is 5.10. The molecule has 3 rings (SSSR count). The maximum Gasteiger partial charge on any atom is 0.267 e. The number of nitrogens with zero attached hydrogens (tertiary/aromatic N) is 3. The summed E-state index contributed by atoms with van der Waals surface area (Å²) < 4.78 is 3.23. The molecule has 0 aromatic carbocycles. The van der Waals surface area contributed by atoms with E-state index in [0.717, 1.165) is 31.2 Å². The van der Waals surface area contributed by atoms with Crippen molar-refractivity contribution >= 4 is 22.6 Å². The monoisotopic (exact) mass is 409 g/mol. The van der Waals surface area contributed by atoms with Crippen molar-refractivity contribution in [1.82, 2.24) is 19.3 Å². The third-order valence-corrected chi connectivity index (χ3v) is 5.10. The Morgan fingerprint density at radius 1 is 1.20 bits per heavy atom. The van der Waals surface area contributed by atoms with Gasteiger partial charge in [0.1, 0.15) is 16.8 Å². The van der Waals surface area contributed by atoms with Gasteiger partial charge in [-0.25, -0.2) is 4.98 Å². The average molecular weight is 410 g/mol. The normalized spacial score (nSPS) is 11.9. The third kappa shape index (κ3) is 4.30. The number of rotatable bonds is 6. The summed E-state index contributed by atoms with van der Waals surface area (Å²) in [6.45, 7) is 10.3. The fraction of sp³-hybridized carbons (Fsp3) is 0.478. The summed E-state index contributed by atoms with van der Waals surface area (Å²) in [6, 6.07) is 5.24. The standard InChI is InChI=1S/C23H31N5O2/c1-6-7-8-9-12-27-18(24)16(21(29)26-23(3,4)5)14-17-20(27)25-19-15(2)11-10-13-28(19)22(17)30/h10-11,13-14,24H,6-9,12H2,1-5H3,(H,26,29). The lowest BCUT2D eigenvalue weighted by Crippen LogP contribution is -2.43. The molecule has 0 aliphatic rings. The Bertz CT molecular complexity index is 1210. The quantitative estimate of drug-likeness (QED) is 0.482.